The van der Waals surface area contributed by atoms with Gasteiger partial charge in [-0.25, -0.2) is 0 Å². The van der Waals surface area contributed by atoms with E-state index in [9.17, 15) is 9.59 Å². The second-order valence-electron chi connectivity index (χ2n) is 6.69. The van der Waals surface area contributed by atoms with Crippen LogP contribution in [0.15, 0.2) is 24.3 Å². The van der Waals surface area contributed by atoms with Gasteiger partial charge in [0, 0.05) is 12.1 Å². The van der Waals surface area contributed by atoms with Crippen molar-refractivity contribution < 1.29 is 14.7 Å². The molecule has 21 heavy (non-hydrogen) atoms. The third-order valence-corrected chi connectivity index (χ3v) is 3.58. The van der Waals surface area contributed by atoms with Crippen molar-refractivity contribution in [2.45, 2.75) is 40.0 Å². The van der Waals surface area contributed by atoms with Gasteiger partial charge in [-0.1, -0.05) is 52.8 Å². The maximum Gasteiger partial charge on any atom is 0.308 e. The van der Waals surface area contributed by atoms with Crippen molar-refractivity contribution in [3.8, 4) is 0 Å². The van der Waals surface area contributed by atoms with E-state index in [0.717, 1.165) is 5.56 Å². The second-order valence-corrected chi connectivity index (χ2v) is 6.69. The lowest BCUT2D eigenvalue weighted by molar-refractivity contribution is -0.142. The van der Waals surface area contributed by atoms with Crippen LogP contribution in [0.3, 0.4) is 0 Å². The molecule has 116 valence electrons. The lowest BCUT2D eigenvalue weighted by atomic mass is 9.83. The molecule has 0 saturated heterocycles. The number of aliphatic carboxylic acids is 1. The van der Waals surface area contributed by atoms with Gasteiger partial charge in [-0.3, -0.25) is 9.59 Å². The van der Waals surface area contributed by atoms with Crippen LogP contribution < -0.4 is 5.32 Å². The molecule has 1 atom stereocenters. The Hall–Kier alpha value is -1.84. The number of nitrogens with one attached hydrogen (secondary N) is 1. The zero-order chi connectivity index (χ0) is 16.2. The summed E-state index contributed by atoms with van der Waals surface area (Å²) in [6.45, 7) is 9.97. The van der Waals surface area contributed by atoms with Crippen LogP contribution in [-0.2, 0) is 10.2 Å². The second kappa shape index (κ2) is 6.74. The number of benzene rings is 1. The molecular weight excluding hydrogens is 266 g/mol. The van der Waals surface area contributed by atoms with E-state index in [0.29, 0.717) is 5.56 Å². The molecular formula is C17H25NO3. The first-order chi connectivity index (χ1) is 9.64. The van der Waals surface area contributed by atoms with E-state index < -0.39 is 11.9 Å². The summed E-state index contributed by atoms with van der Waals surface area (Å²) in [7, 11) is 0. The summed E-state index contributed by atoms with van der Waals surface area (Å²) in [5.41, 5.74) is 1.43. The van der Waals surface area contributed by atoms with E-state index >= 15 is 0 Å². The minimum Gasteiger partial charge on any atom is -0.481 e. The Balaban J connectivity index is 2.89. The van der Waals surface area contributed by atoms with Gasteiger partial charge in [-0.15, -0.1) is 0 Å². The van der Waals surface area contributed by atoms with E-state index in [-0.39, 0.29) is 23.8 Å². The van der Waals surface area contributed by atoms with Crippen LogP contribution in [0.5, 0.6) is 0 Å². The number of amides is 1. The van der Waals surface area contributed by atoms with Gasteiger partial charge < -0.3 is 10.4 Å². The van der Waals surface area contributed by atoms with Crippen LogP contribution in [0.25, 0.3) is 0 Å². The molecule has 0 spiro atoms. The first kappa shape index (κ1) is 17.2. The van der Waals surface area contributed by atoms with Gasteiger partial charge in [0.15, 0.2) is 0 Å². The van der Waals surface area contributed by atoms with Crippen LogP contribution in [0.1, 0.15) is 50.5 Å². The molecule has 0 fully saturated rings. The molecule has 4 heteroatoms. The summed E-state index contributed by atoms with van der Waals surface area (Å²) in [4.78, 5) is 23.5. The maximum atomic E-state index is 12.4. The van der Waals surface area contributed by atoms with Crippen LogP contribution in [0.4, 0.5) is 0 Å². The first-order valence-electron chi connectivity index (χ1n) is 7.25. The van der Waals surface area contributed by atoms with Gasteiger partial charge >= 0.3 is 5.97 Å². The van der Waals surface area contributed by atoms with Gasteiger partial charge in [0.2, 0.25) is 0 Å². The molecule has 4 nitrogen and oxygen atoms in total. The molecule has 1 aromatic carbocycles. The molecule has 0 aliphatic heterocycles. The average molecular weight is 291 g/mol. The number of hydrogen-bond donors (Lipinski definition) is 2. The Morgan fingerprint density at radius 1 is 1.19 bits per heavy atom. The summed E-state index contributed by atoms with van der Waals surface area (Å²) < 4.78 is 0. The fourth-order valence-corrected chi connectivity index (χ4v) is 2.24. The topological polar surface area (TPSA) is 66.4 Å². The lowest BCUT2D eigenvalue weighted by Gasteiger charge is -2.23. The Labute approximate surface area is 126 Å². The van der Waals surface area contributed by atoms with Crippen molar-refractivity contribution in [3.63, 3.8) is 0 Å². The number of carboxylic acid groups (broad SMARTS) is 1. The molecule has 0 saturated carbocycles. The van der Waals surface area contributed by atoms with E-state index in [1.54, 1.807) is 6.07 Å². The van der Waals surface area contributed by atoms with E-state index in [1.165, 1.54) is 0 Å². The summed E-state index contributed by atoms with van der Waals surface area (Å²) in [5.74, 6) is -1.70. The fraction of sp³-hybridized carbons (Fsp3) is 0.529. The molecule has 0 heterocycles. The Morgan fingerprint density at radius 2 is 1.76 bits per heavy atom. The molecule has 0 radical (unpaired) electrons. The van der Waals surface area contributed by atoms with E-state index in [4.69, 9.17) is 5.11 Å². The SMILES string of the molecule is CC(C)C(CNC(=O)c1ccccc1C(C)(C)C)C(=O)O. The van der Waals surface area contributed by atoms with Crippen molar-refractivity contribution >= 4 is 11.9 Å². The van der Waals surface area contributed by atoms with Crippen LogP contribution in [-0.4, -0.2) is 23.5 Å². The fourth-order valence-electron chi connectivity index (χ4n) is 2.24. The van der Waals surface area contributed by atoms with Gasteiger partial charge in [0.05, 0.1) is 5.92 Å². The van der Waals surface area contributed by atoms with E-state index in [1.807, 2.05) is 52.8 Å². The molecule has 0 aromatic heterocycles. The molecule has 0 aliphatic carbocycles. The maximum absolute atomic E-state index is 12.4. The minimum absolute atomic E-state index is 0.0272. The van der Waals surface area contributed by atoms with Crippen molar-refractivity contribution in [1.82, 2.24) is 5.32 Å². The van der Waals surface area contributed by atoms with Crippen LogP contribution >= 0.6 is 0 Å². The third kappa shape index (κ3) is 4.59. The number of rotatable bonds is 5. The largest absolute Gasteiger partial charge is 0.481 e. The predicted octanol–water partition coefficient (Wildman–Crippen LogP) is 3.07. The number of carboxylic acids is 1. The van der Waals surface area contributed by atoms with Crippen molar-refractivity contribution in [2.24, 2.45) is 11.8 Å². The molecule has 0 bridgehead atoms. The molecule has 0 aliphatic rings. The highest BCUT2D eigenvalue weighted by molar-refractivity contribution is 5.96. The minimum atomic E-state index is -0.880. The quantitative estimate of drug-likeness (QED) is 0.876. The summed E-state index contributed by atoms with van der Waals surface area (Å²) >= 11 is 0. The molecule has 1 aromatic rings. The molecule has 1 rings (SSSR count). The molecule has 1 unspecified atom stereocenters. The standard InChI is InChI=1S/C17H25NO3/c1-11(2)13(16(20)21)10-18-15(19)12-8-6-7-9-14(12)17(3,4)5/h6-9,11,13H,10H2,1-5H3,(H,18,19)(H,20,21). The normalized spacial score (nSPS) is 13.0. The van der Waals surface area contributed by atoms with Crippen molar-refractivity contribution in [3.05, 3.63) is 35.4 Å². The van der Waals surface area contributed by atoms with Gasteiger partial charge in [0.25, 0.3) is 5.91 Å². The van der Waals surface area contributed by atoms with Crippen LogP contribution in [0.2, 0.25) is 0 Å². The van der Waals surface area contributed by atoms with Crippen LogP contribution in [0, 0.1) is 11.8 Å². The predicted molar refractivity (Wildman–Crippen MR) is 83.4 cm³/mol. The highest BCUT2D eigenvalue weighted by Gasteiger charge is 2.24. The summed E-state index contributed by atoms with van der Waals surface area (Å²) in [5, 5.41) is 11.9. The van der Waals surface area contributed by atoms with Crippen molar-refractivity contribution in [2.75, 3.05) is 6.54 Å². The summed E-state index contributed by atoms with van der Waals surface area (Å²) in [6.07, 6.45) is 0. The average Bonchev–Trinajstić information content (AvgIpc) is 2.36. The molecule has 1 amide bonds. The number of carbonyl (C=O) groups excluding carboxylic acids is 1. The number of hydrogen-bond acceptors (Lipinski definition) is 2. The van der Waals surface area contributed by atoms with Gasteiger partial charge in [0.1, 0.15) is 0 Å². The van der Waals surface area contributed by atoms with Crippen molar-refractivity contribution in [1.29, 1.82) is 0 Å². The highest BCUT2D eigenvalue weighted by atomic mass is 16.4. The third-order valence-electron chi connectivity index (χ3n) is 3.58. The summed E-state index contributed by atoms with van der Waals surface area (Å²) in [6, 6.07) is 7.44. The number of carbonyl (C=O) groups is 2. The Morgan fingerprint density at radius 3 is 2.24 bits per heavy atom. The van der Waals surface area contributed by atoms with Gasteiger partial charge in [-0.05, 0) is 23.0 Å². The smallest absolute Gasteiger partial charge is 0.308 e. The zero-order valence-corrected chi connectivity index (χ0v) is 13.4. The molecule has 2 N–H and O–H groups in total. The highest BCUT2D eigenvalue weighted by Crippen LogP contribution is 2.25. The first-order valence-corrected chi connectivity index (χ1v) is 7.25. The monoisotopic (exact) mass is 291 g/mol. The van der Waals surface area contributed by atoms with Gasteiger partial charge in [-0.2, -0.15) is 0 Å². The Kier molecular flexibility index (Phi) is 5.53. The zero-order valence-electron chi connectivity index (χ0n) is 13.4. The van der Waals surface area contributed by atoms with E-state index in [2.05, 4.69) is 5.32 Å². The Bertz CT molecular complexity index is 515. The lowest BCUT2D eigenvalue weighted by Crippen LogP contribution is -2.36.